The zero-order valence-electron chi connectivity index (χ0n) is 15.6. The number of anilines is 1. The van der Waals surface area contributed by atoms with E-state index in [1.807, 2.05) is 0 Å². The third-order valence-corrected chi connectivity index (χ3v) is 4.78. The van der Waals surface area contributed by atoms with Crippen molar-refractivity contribution in [1.29, 1.82) is 0 Å². The summed E-state index contributed by atoms with van der Waals surface area (Å²) in [6, 6.07) is 10.9. The van der Waals surface area contributed by atoms with Crippen molar-refractivity contribution in [3.63, 3.8) is 0 Å². The van der Waals surface area contributed by atoms with Crippen molar-refractivity contribution >= 4 is 27.8 Å². The maximum atomic E-state index is 12.2. The molecule has 28 heavy (non-hydrogen) atoms. The van der Waals surface area contributed by atoms with Gasteiger partial charge in [0.25, 0.3) is 5.91 Å². The van der Waals surface area contributed by atoms with Crippen molar-refractivity contribution in [3.05, 3.63) is 48.0 Å². The first kappa shape index (κ1) is 21.0. The van der Waals surface area contributed by atoms with Gasteiger partial charge in [0.1, 0.15) is 12.3 Å². The van der Waals surface area contributed by atoms with Crippen LogP contribution in [0.25, 0.3) is 0 Å². The first-order valence-corrected chi connectivity index (χ1v) is 9.90. The highest BCUT2D eigenvalue weighted by Gasteiger charge is 2.21. The molecule has 0 aromatic heterocycles. The Kier molecular flexibility index (Phi) is 6.83. The number of sulfonamides is 1. The molecule has 10 heteroatoms. The molecule has 0 saturated carbocycles. The number of hydrogen-bond acceptors (Lipinski definition) is 7. The number of phenolic OH excluding ortho intramolecular Hbond substituents is 1. The first-order valence-electron chi connectivity index (χ1n) is 8.05. The van der Waals surface area contributed by atoms with Gasteiger partial charge >= 0.3 is 0 Å². The topological polar surface area (TPSA) is 118 Å². The number of nitrogens with zero attached hydrogens (tertiary/aromatic N) is 2. The fourth-order valence-corrected chi connectivity index (χ4v) is 3.13. The van der Waals surface area contributed by atoms with E-state index in [1.54, 1.807) is 24.3 Å². The van der Waals surface area contributed by atoms with E-state index in [1.165, 1.54) is 38.6 Å². The summed E-state index contributed by atoms with van der Waals surface area (Å²) >= 11 is 0. The summed E-state index contributed by atoms with van der Waals surface area (Å²) < 4.78 is 35.2. The number of aromatic hydroxyl groups is 1. The summed E-state index contributed by atoms with van der Waals surface area (Å²) in [6.07, 6.45) is 2.35. The molecule has 0 bridgehead atoms. The molecule has 0 radical (unpaired) electrons. The minimum absolute atomic E-state index is 0.0224. The van der Waals surface area contributed by atoms with Crippen LogP contribution in [0.15, 0.2) is 47.6 Å². The molecule has 0 aliphatic carbocycles. The second-order valence-electron chi connectivity index (χ2n) is 5.70. The molecule has 0 aliphatic rings. The lowest BCUT2D eigenvalue weighted by Gasteiger charge is -2.21. The van der Waals surface area contributed by atoms with Crippen LogP contribution in [-0.4, -0.2) is 52.7 Å². The summed E-state index contributed by atoms with van der Waals surface area (Å²) in [6.45, 7) is -0.456. The number of benzene rings is 2. The molecule has 0 spiro atoms. The highest BCUT2D eigenvalue weighted by atomic mass is 32.2. The average Bonchev–Trinajstić information content (AvgIpc) is 2.66. The Morgan fingerprint density at radius 1 is 1.21 bits per heavy atom. The highest BCUT2D eigenvalue weighted by Crippen LogP contribution is 2.25. The van der Waals surface area contributed by atoms with Crippen molar-refractivity contribution in [2.45, 2.75) is 0 Å². The Morgan fingerprint density at radius 3 is 2.61 bits per heavy atom. The maximum Gasteiger partial charge on any atom is 0.260 e. The molecule has 0 heterocycles. The molecule has 0 atom stereocenters. The monoisotopic (exact) mass is 407 g/mol. The van der Waals surface area contributed by atoms with E-state index in [-0.39, 0.29) is 11.5 Å². The van der Waals surface area contributed by atoms with E-state index in [4.69, 9.17) is 9.47 Å². The zero-order chi connectivity index (χ0) is 20.7. The van der Waals surface area contributed by atoms with Crippen LogP contribution in [0.1, 0.15) is 5.56 Å². The lowest BCUT2D eigenvalue weighted by atomic mass is 10.2. The molecule has 0 aliphatic heterocycles. The van der Waals surface area contributed by atoms with Crippen LogP contribution < -0.4 is 19.2 Å². The van der Waals surface area contributed by atoms with E-state index < -0.39 is 22.5 Å². The minimum atomic E-state index is -3.71. The smallest absolute Gasteiger partial charge is 0.260 e. The Hall–Kier alpha value is -3.27. The summed E-state index contributed by atoms with van der Waals surface area (Å²) in [7, 11) is -0.833. The molecule has 0 unspecified atom stereocenters. The summed E-state index contributed by atoms with van der Waals surface area (Å²) in [4.78, 5) is 12.2. The Bertz CT molecular complexity index is 975. The molecule has 2 aromatic rings. The van der Waals surface area contributed by atoms with Crippen LogP contribution in [0.4, 0.5) is 5.69 Å². The number of methoxy groups -OCH3 is 2. The highest BCUT2D eigenvalue weighted by molar-refractivity contribution is 7.92. The number of hydrazone groups is 1. The van der Waals surface area contributed by atoms with E-state index in [2.05, 4.69) is 10.5 Å². The molecule has 2 rings (SSSR count). The van der Waals surface area contributed by atoms with Crippen LogP contribution in [0.2, 0.25) is 0 Å². The second kappa shape index (κ2) is 9.09. The van der Waals surface area contributed by atoms with Gasteiger partial charge in [0.2, 0.25) is 10.0 Å². The van der Waals surface area contributed by atoms with Gasteiger partial charge in [-0.2, -0.15) is 5.10 Å². The molecule has 0 saturated heterocycles. The van der Waals surface area contributed by atoms with E-state index in [0.717, 1.165) is 10.6 Å². The molecular weight excluding hydrogens is 386 g/mol. The van der Waals surface area contributed by atoms with Crippen molar-refractivity contribution in [3.8, 4) is 17.2 Å². The molecular formula is C18H21N3O6S. The molecule has 1 amide bonds. The fourth-order valence-electron chi connectivity index (χ4n) is 2.28. The molecule has 9 nitrogen and oxygen atoms in total. The summed E-state index contributed by atoms with van der Waals surface area (Å²) in [5.41, 5.74) is 3.14. The SMILES string of the molecule is COc1cccc(N(CC(=O)N/N=C\c2ccc(O)c(OC)c2)S(C)(=O)=O)c1. The molecule has 150 valence electrons. The average molecular weight is 407 g/mol. The number of carbonyl (C=O) groups is 1. The van der Waals surface area contributed by atoms with Crippen molar-refractivity contribution in [2.75, 3.05) is 31.3 Å². The van der Waals surface area contributed by atoms with Gasteiger partial charge in [-0.25, -0.2) is 13.8 Å². The van der Waals surface area contributed by atoms with E-state index in [9.17, 15) is 18.3 Å². The van der Waals surface area contributed by atoms with Crippen LogP contribution in [0, 0.1) is 0 Å². The van der Waals surface area contributed by atoms with Crippen LogP contribution in [0.5, 0.6) is 17.2 Å². The normalized spacial score (nSPS) is 11.2. The fraction of sp³-hybridized carbons (Fsp3) is 0.222. The number of nitrogens with one attached hydrogen (secondary N) is 1. The number of carbonyl (C=O) groups excluding carboxylic acids is 1. The summed E-state index contributed by atoms with van der Waals surface area (Å²) in [5, 5.41) is 13.4. The molecule has 2 aromatic carbocycles. The lowest BCUT2D eigenvalue weighted by Crippen LogP contribution is -2.39. The quantitative estimate of drug-likeness (QED) is 0.503. The van der Waals surface area contributed by atoms with Crippen LogP contribution in [-0.2, 0) is 14.8 Å². The van der Waals surface area contributed by atoms with Gasteiger partial charge in [0, 0.05) is 6.07 Å². The molecule has 0 fully saturated rings. The third kappa shape index (κ3) is 5.61. The van der Waals surface area contributed by atoms with Gasteiger partial charge < -0.3 is 14.6 Å². The van der Waals surface area contributed by atoms with Gasteiger partial charge in [0.05, 0.1) is 32.4 Å². The lowest BCUT2D eigenvalue weighted by molar-refractivity contribution is -0.119. The zero-order valence-corrected chi connectivity index (χ0v) is 16.4. The summed E-state index contributed by atoms with van der Waals surface area (Å²) in [5.74, 6) is 0.0726. The Morgan fingerprint density at radius 2 is 1.96 bits per heavy atom. The number of amides is 1. The van der Waals surface area contributed by atoms with E-state index in [0.29, 0.717) is 17.0 Å². The number of rotatable bonds is 8. The minimum Gasteiger partial charge on any atom is -0.504 e. The predicted octanol–water partition coefficient (Wildman–Crippen LogP) is 1.33. The largest absolute Gasteiger partial charge is 0.504 e. The van der Waals surface area contributed by atoms with Gasteiger partial charge in [-0.1, -0.05) is 6.07 Å². The Labute approximate surface area is 163 Å². The third-order valence-electron chi connectivity index (χ3n) is 3.64. The van der Waals surface area contributed by atoms with Crippen molar-refractivity contribution in [1.82, 2.24) is 5.43 Å². The standard InChI is InChI=1S/C18H21N3O6S/c1-26-15-6-4-5-14(10-15)21(28(3,24)25)12-18(23)20-19-11-13-7-8-16(22)17(9-13)27-2/h4-11,22H,12H2,1-3H3,(H,20,23)/b19-11-. The molecule has 2 N–H and O–H groups in total. The van der Waals surface area contributed by atoms with Crippen LogP contribution in [0.3, 0.4) is 0 Å². The van der Waals surface area contributed by atoms with Gasteiger partial charge in [0.15, 0.2) is 11.5 Å². The van der Waals surface area contributed by atoms with Gasteiger partial charge in [-0.15, -0.1) is 0 Å². The predicted molar refractivity (Wildman–Crippen MR) is 106 cm³/mol. The second-order valence-corrected chi connectivity index (χ2v) is 7.60. The first-order chi connectivity index (χ1) is 13.2. The Balaban J connectivity index is 2.10. The van der Waals surface area contributed by atoms with Gasteiger partial charge in [-0.05, 0) is 35.9 Å². The van der Waals surface area contributed by atoms with Gasteiger partial charge in [-0.3, -0.25) is 9.10 Å². The number of ether oxygens (including phenoxy) is 2. The van der Waals surface area contributed by atoms with Crippen molar-refractivity contribution in [2.24, 2.45) is 5.10 Å². The van der Waals surface area contributed by atoms with Crippen LogP contribution >= 0.6 is 0 Å². The van der Waals surface area contributed by atoms with Crippen molar-refractivity contribution < 1.29 is 27.8 Å². The maximum absolute atomic E-state index is 12.2. The number of hydrogen-bond donors (Lipinski definition) is 2. The number of phenols is 1. The van der Waals surface area contributed by atoms with E-state index >= 15 is 0 Å².